The number of amides is 1. The maximum Gasteiger partial charge on any atom is 0.249 e. The molecule has 1 saturated heterocycles. The molecule has 1 saturated carbocycles. The van der Waals surface area contributed by atoms with Gasteiger partial charge in [0.2, 0.25) is 11.8 Å². The van der Waals surface area contributed by atoms with E-state index in [1.54, 1.807) is 0 Å². The Hall–Kier alpha value is -2.22. The lowest BCUT2D eigenvalue weighted by atomic mass is 10.1. The van der Waals surface area contributed by atoms with E-state index in [2.05, 4.69) is 22.2 Å². The highest BCUT2D eigenvalue weighted by atomic mass is 16.5. The van der Waals surface area contributed by atoms with E-state index < -0.39 is 0 Å². The summed E-state index contributed by atoms with van der Waals surface area (Å²) in [4.78, 5) is 19.5. The number of hydrogen-bond acceptors (Lipinski definition) is 6. The Labute approximate surface area is 184 Å². The molecule has 8 heteroatoms. The van der Waals surface area contributed by atoms with Crippen molar-refractivity contribution in [1.82, 2.24) is 24.8 Å². The van der Waals surface area contributed by atoms with E-state index in [1.807, 2.05) is 23.6 Å². The van der Waals surface area contributed by atoms with Gasteiger partial charge in [-0.3, -0.25) is 9.48 Å². The fourth-order valence-electron chi connectivity index (χ4n) is 4.97. The smallest absolute Gasteiger partial charge is 0.249 e. The van der Waals surface area contributed by atoms with Crippen molar-refractivity contribution >= 4 is 5.91 Å². The van der Waals surface area contributed by atoms with Crippen molar-refractivity contribution in [3.63, 3.8) is 0 Å². The molecule has 1 atom stereocenters. The van der Waals surface area contributed by atoms with Crippen LogP contribution in [0.2, 0.25) is 0 Å². The third kappa shape index (κ3) is 5.17. The number of carbonyl (C=O) groups is 1. The second kappa shape index (κ2) is 9.94. The summed E-state index contributed by atoms with van der Waals surface area (Å²) in [7, 11) is 1.94. The van der Waals surface area contributed by atoms with Crippen molar-refractivity contribution < 1.29 is 14.1 Å². The first-order valence-corrected chi connectivity index (χ1v) is 11.7. The maximum absolute atomic E-state index is 13.0. The monoisotopic (exact) mass is 429 g/mol. The average molecular weight is 430 g/mol. The van der Waals surface area contributed by atoms with Gasteiger partial charge in [-0.2, -0.15) is 10.1 Å². The number of likely N-dealkylation sites (tertiary alicyclic amines) is 1. The van der Waals surface area contributed by atoms with Crippen LogP contribution in [0.15, 0.2) is 4.52 Å². The predicted molar refractivity (Wildman–Crippen MR) is 115 cm³/mol. The van der Waals surface area contributed by atoms with E-state index in [-0.39, 0.29) is 11.9 Å². The van der Waals surface area contributed by atoms with E-state index in [0.29, 0.717) is 37.6 Å². The highest BCUT2D eigenvalue weighted by Gasteiger charge is 2.34. The summed E-state index contributed by atoms with van der Waals surface area (Å²) in [5.74, 6) is 2.09. The van der Waals surface area contributed by atoms with Crippen LogP contribution >= 0.6 is 0 Å². The zero-order chi connectivity index (χ0) is 21.8. The SMILES string of the molecule is Cc1nn(C)c(C)c1CCC(=O)N1CCCC1c1nc(CCOCC2CCCC2)no1. The van der Waals surface area contributed by atoms with Gasteiger partial charge in [-0.05, 0) is 57.4 Å². The van der Waals surface area contributed by atoms with Crippen molar-refractivity contribution in [3.8, 4) is 0 Å². The van der Waals surface area contributed by atoms with Gasteiger partial charge < -0.3 is 14.2 Å². The fraction of sp³-hybridized carbons (Fsp3) is 0.739. The molecule has 2 aliphatic rings. The van der Waals surface area contributed by atoms with Crippen molar-refractivity contribution in [3.05, 3.63) is 28.7 Å². The molecule has 1 unspecified atom stereocenters. The van der Waals surface area contributed by atoms with Gasteiger partial charge in [-0.15, -0.1) is 0 Å². The minimum Gasteiger partial charge on any atom is -0.381 e. The zero-order valence-corrected chi connectivity index (χ0v) is 19.1. The number of hydrogen-bond donors (Lipinski definition) is 0. The summed E-state index contributed by atoms with van der Waals surface area (Å²) >= 11 is 0. The highest BCUT2D eigenvalue weighted by molar-refractivity contribution is 5.77. The van der Waals surface area contributed by atoms with E-state index in [9.17, 15) is 4.79 Å². The summed E-state index contributed by atoms with van der Waals surface area (Å²) in [6, 6.07) is -0.107. The molecule has 2 aromatic rings. The standard InChI is InChI=1S/C23H35N5O3/c1-16-19(17(2)27(3)25-16)10-11-22(29)28-13-6-9-20(28)23-24-21(26-31-23)12-14-30-15-18-7-4-5-8-18/h18,20H,4-15H2,1-3H3. The van der Waals surface area contributed by atoms with Gasteiger partial charge in [0.1, 0.15) is 6.04 Å². The molecule has 31 heavy (non-hydrogen) atoms. The molecule has 4 rings (SSSR count). The summed E-state index contributed by atoms with van der Waals surface area (Å²) in [5.41, 5.74) is 3.30. The van der Waals surface area contributed by atoms with Crippen LogP contribution in [-0.2, 0) is 29.4 Å². The maximum atomic E-state index is 13.0. The largest absolute Gasteiger partial charge is 0.381 e. The molecule has 8 nitrogen and oxygen atoms in total. The molecule has 0 spiro atoms. The molecule has 0 aromatic carbocycles. The summed E-state index contributed by atoms with van der Waals surface area (Å²) < 4.78 is 13.2. The van der Waals surface area contributed by atoms with Crippen LogP contribution in [0.3, 0.4) is 0 Å². The van der Waals surface area contributed by atoms with Gasteiger partial charge in [-0.1, -0.05) is 18.0 Å². The van der Waals surface area contributed by atoms with E-state index in [4.69, 9.17) is 9.26 Å². The first kappa shape index (κ1) is 22.0. The van der Waals surface area contributed by atoms with Crippen molar-refractivity contribution in [2.24, 2.45) is 13.0 Å². The molecule has 0 N–H and O–H groups in total. The first-order valence-electron chi connectivity index (χ1n) is 11.7. The Kier molecular flexibility index (Phi) is 7.05. The lowest BCUT2D eigenvalue weighted by Gasteiger charge is -2.22. The van der Waals surface area contributed by atoms with Crippen molar-refractivity contribution in [2.75, 3.05) is 19.8 Å². The summed E-state index contributed by atoms with van der Waals surface area (Å²) in [6.07, 6.45) is 8.91. The lowest BCUT2D eigenvalue weighted by molar-refractivity contribution is -0.132. The molecule has 2 fully saturated rings. The lowest BCUT2D eigenvalue weighted by Crippen LogP contribution is -2.31. The number of aromatic nitrogens is 4. The topological polar surface area (TPSA) is 86.3 Å². The quantitative estimate of drug-likeness (QED) is 0.568. The predicted octanol–water partition coefficient (Wildman–Crippen LogP) is 3.47. The van der Waals surface area contributed by atoms with Crippen LogP contribution in [0.5, 0.6) is 0 Å². The minimum atomic E-state index is -0.107. The minimum absolute atomic E-state index is 0.107. The Morgan fingerprint density at radius 2 is 1.97 bits per heavy atom. The normalized spacial score (nSPS) is 19.6. The van der Waals surface area contributed by atoms with Gasteiger partial charge in [0.05, 0.1) is 12.3 Å². The van der Waals surface area contributed by atoms with Gasteiger partial charge in [0.25, 0.3) is 0 Å². The van der Waals surface area contributed by atoms with Crippen LogP contribution < -0.4 is 0 Å². The van der Waals surface area contributed by atoms with Gasteiger partial charge in [0.15, 0.2) is 5.82 Å². The Morgan fingerprint density at radius 3 is 2.71 bits per heavy atom. The molecule has 1 amide bonds. The van der Waals surface area contributed by atoms with Crippen LogP contribution in [0.4, 0.5) is 0 Å². The number of carbonyl (C=O) groups excluding carboxylic acids is 1. The van der Waals surface area contributed by atoms with Crippen LogP contribution in [0.1, 0.15) is 79.7 Å². The molecular formula is C23H35N5O3. The van der Waals surface area contributed by atoms with Gasteiger partial charge in [0, 0.05) is 38.7 Å². The molecule has 2 aromatic heterocycles. The third-order valence-corrected chi connectivity index (χ3v) is 6.89. The fourth-order valence-corrected chi connectivity index (χ4v) is 4.97. The molecule has 0 radical (unpaired) electrons. The van der Waals surface area contributed by atoms with Crippen LogP contribution in [0, 0.1) is 19.8 Å². The average Bonchev–Trinajstić information content (AvgIpc) is 3.54. The second-order valence-electron chi connectivity index (χ2n) is 9.04. The van der Waals surface area contributed by atoms with E-state index in [1.165, 1.54) is 31.2 Å². The second-order valence-corrected chi connectivity index (χ2v) is 9.04. The summed E-state index contributed by atoms with van der Waals surface area (Å²) in [5, 5.41) is 8.58. The molecule has 170 valence electrons. The number of nitrogens with zero attached hydrogens (tertiary/aromatic N) is 5. The molecule has 3 heterocycles. The molecule has 1 aliphatic heterocycles. The van der Waals surface area contributed by atoms with Crippen LogP contribution in [0.25, 0.3) is 0 Å². The first-order chi connectivity index (χ1) is 15.0. The van der Waals surface area contributed by atoms with Gasteiger partial charge in [-0.25, -0.2) is 0 Å². The number of rotatable bonds is 9. The third-order valence-electron chi connectivity index (χ3n) is 6.89. The van der Waals surface area contributed by atoms with Gasteiger partial charge >= 0.3 is 0 Å². The molecule has 0 bridgehead atoms. The Morgan fingerprint density at radius 1 is 1.16 bits per heavy atom. The molecular weight excluding hydrogens is 394 g/mol. The Bertz CT molecular complexity index is 884. The number of aryl methyl sites for hydroxylation is 2. The zero-order valence-electron chi connectivity index (χ0n) is 19.1. The summed E-state index contributed by atoms with van der Waals surface area (Å²) in [6.45, 7) is 6.26. The highest BCUT2D eigenvalue weighted by Crippen LogP contribution is 2.32. The number of ether oxygens (including phenoxy) is 1. The van der Waals surface area contributed by atoms with E-state index in [0.717, 1.165) is 43.3 Å². The molecule has 1 aliphatic carbocycles. The van der Waals surface area contributed by atoms with E-state index >= 15 is 0 Å². The van der Waals surface area contributed by atoms with Crippen LogP contribution in [-0.4, -0.2) is 50.5 Å². The Balaban J connectivity index is 1.28. The van der Waals surface area contributed by atoms with Crippen molar-refractivity contribution in [2.45, 2.75) is 77.7 Å². The van der Waals surface area contributed by atoms with Crippen molar-refractivity contribution in [1.29, 1.82) is 0 Å².